The number of nitrogens with zero attached hydrogens (tertiary/aromatic N) is 1. The Kier molecular flexibility index (Phi) is 3.01. The molecule has 2 aromatic rings. The van der Waals surface area contributed by atoms with Crippen LogP contribution in [0.2, 0.25) is 0 Å². The molecule has 2 nitrogen and oxygen atoms in total. The van der Waals surface area contributed by atoms with Gasteiger partial charge in [0.25, 0.3) is 0 Å². The molecule has 0 bridgehead atoms. The quantitative estimate of drug-likeness (QED) is 0.780. The molecule has 0 unspecified atom stereocenters. The van der Waals surface area contributed by atoms with E-state index in [-0.39, 0.29) is 0 Å². The molecule has 0 saturated heterocycles. The van der Waals surface area contributed by atoms with Crippen LogP contribution in [-0.2, 0) is 5.75 Å². The van der Waals surface area contributed by atoms with Gasteiger partial charge in [0.15, 0.2) is 0 Å². The fraction of sp³-hybridized carbons (Fsp3) is 0.182. The van der Waals surface area contributed by atoms with E-state index in [9.17, 15) is 0 Å². The Hall–Kier alpha value is -1.06. The van der Waals surface area contributed by atoms with E-state index in [1.54, 1.807) is 11.8 Å². The number of para-hydroxylation sites is 1. The highest BCUT2D eigenvalue weighted by atomic mass is 32.2. The molecular weight excluding hydrogens is 192 g/mol. The summed E-state index contributed by atoms with van der Waals surface area (Å²) in [7, 11) is 0. The van der Waals surface area contributed by atoms with Gasteiger partial charge in [-0.1, -0.05) is 24.3 Å². The number of fused-ring (bicyclic) bond motifs is 1. The molecule has 2 N–H and O–H groups in total. The normalized spacial score (nSPS) is 10.6. The van der Waals surface area contributed by atoms with Crippen LogP contribution in [0.15, 0.2) is 36.4 Å². The average molecular weight is 204 g/mol. The molecule has 0 spiro atoms. The van der Waals surface area contributed by atoms with Gasteiger partial charge < -0.3 is 5.73 Å². The maximum Gasteiger partial charge on any atom is 0.0705 e. The smallest absolute Gasteiger partial charge is 0.0705 e. The molecule has 14 heavy (non-hydrogen) atoms. The lowest BCUT2D eigenvalue weighted by Gasteiger charge is -2.01. The summed E-state index contributed by atoms with van der Waals surface area (Å²) in [5.74, 6) is 1.54. The van der Waals surface area contributed by atoms with Gasteiger partial charge in [0.2, 0.25) is 0 Å². The molecule has 0 atom stereocenters. The van der Waals surface area contributed by atoms with Gasteiger partial charge in [0.1, 0.15) is 0 Å². The summed E-state index contributed by atoms with van der Waals surface area (Å²) in [6.07, 6.45) is 0. The number of aromatic nitrogens is 1. The Labute approximate surface area is 87.5 Å². The Morgan fingerprint density at radius 2 is 2.00 bits per heavy atom. The SMILES string of the molecule is NCSCc1ccc2ccccc2n1. The number of hydrogen-bond donors (Lipinski definition) is 1. The Morgan fingerprint density at radius 3 is 2.86 bits per heavy atom. The summed E-state index contributed by atoms with van der Waals surface area (Å²) in [6.45, 7) is 0. The molecule has 0 aliphatic carbocycles. The molecule has 1 aromatic heterocycles. The number of rotatable bonds is 3. The molecule has 1 heterocycles. The standard InChI is InChI=1S/C11H12N2S/c12-8-14-7-10-6-5-9-3-1-2-4-11(9)13-10/h1-6H,7-8,12H2. The van der Waals surface area contributed by atoms with Gasteiger partial charge in [0.05, 0.1) is 11.2 Å². The molecule has 2 rings (SSSR count). The Bertz CT molecular complexity index is 428. The minimum atomic E-state index is 0.647. The highest BCUT2D eigenvalue weighted by molar-refractivity contribution is 7.98. The van der Waals surface area contributed by atoms with Gasteiger partial charge in [-0.3, -0.25) is 4.98 Å². The number of pyridine rings is 1. The zero-order chi connectivity index (χ0) is 9.80. The lowest BCUT2D eigenvalue weighted by atomic mass is 10.2. The van der Waals surface area contributed by atoms with Gasteiger partial charge in [-0.25, -0.2) is 0 Å². The van der Waals surface area contributed by atoms with E-state index in [1.807, 2.05) is 18.2 Å². The topological polar surface area (TPSA) is 38.9 Å². The van der Waals surface area contributed by atoms with Crippen molar-refractivity contribution < 1.29 is 0 Å². The second kappa shape index (κ2) is 4.44. The third-order valence-electron chi connectivity index (χ3n) is 2.02. The maximum absolute atomic E-state index is 5.42. The van der Waals surface area contributed by atoms with Crippen LogP contribution in [0.25, 0.3) is 10.9 Å². The molecule has 72 valence electrons. The number of nitrogens with two attached hydrogens (primary N) is 1. The third-order valence-corrected chi connectivity index (χ3v) is 2.76. The van der Waals surface area contributed by atoms with Crippen molar-refractivity contribution >= 4 is 22.7 Å². The van der Waals surface area contributed by atoms with Crippen molar-refractivity contribution in [3.63, 3.8) is 0 Å². The van der Waals surface area contributed by atoms with Crippen molar-refractivity contribution in [2.45, 2.75) is 5.75 Å². The molecule has 0 amide bonds. The van der Waals surface area contributed by atoms with Crippen LogP contribution >= 0.6 is 11.8 Å². The van der Waals surface area contributed by atoms with E-state index in [2.05, 4.69) is 23.2 Å². The second-order valence-corrected chi connectivity index (χ2v) is 4.04. The number of thioether (sulfide) groups is 1. The highest BCUT2D eigenvalue weighted by Crippen LogP contribution is 2.14. The van der Waals surface area contributed by atoms with Crippen LogP contribution in [0.3, 0.4) is 0 Å². The van der Waals surface area contributed by atoms with E-state index in [0.29, 0.717) is 5.88 Å². The first-order valence-corrected chi connectivity index (χ1v) is 5.68. The van der Waals surface area contributed by atoms with Gasteiger partial charge in [0, 0.05) is 17.0 Å². The minimum Gasteiger partial charge on any atom is -0.322 e. The van der Waals surface area contributed by atoms with Crippen LogP contribution in [0.1, 0.15) is 5.69 Å². The van der Waals surface area contributed by atoms with Crippen LogP contribution in [-0.4, -0.2) is 10.9 Å². The monoisotopic (exact) mass is 204 g/mol. The van der Waals surface area contributed by atoms with Gasteiger partial charge in [-0.2, -0.15) is 0 Å². The third kappa shape index (κ3) is 2.05. The molecule has 3 heteroatoms. The van der Waals surface area contributed by atoms with Crippen molar-refractivity contribution in [2.75, 3.05) is 5.88 Å². The number of hydrogen-bond acceptors (Lipinski definition) is 3. The fourth-order valence-corrected chi connectivity index (χ4v) is 1.84. The first-order valence-electron chi connectivity index (χ1n) is 4.52. The predicted molar refractivity (Wildman–Crippen MR) is 62.1 cm³/mol. The van der Waals surface area contributed by atoms with Crippen molar-refractivity contribution in [1.29, 1.82) is 0 Å². The van der Waals surface area contributed by atoms with Crippen LogP contribution in [0.5, 0.6) is 0 Å². The molecule has 1 aromatic carbocycles. The molecule has 0 aliphatic rings. The summed E-state index contributed by atoms with van der Waals surface area (Å²) in [5.41, 5.74) is 7.58. The van der Waals surface area contributed by atoms with Crippen molar-refractivity contribution in [3.8, 4) is 0 Å². The number of benzene rings is 1. The van der Waals surface area contributed by atoms with Gasteiger partial charge in [-0.05, 0) is 12.1 Å². The van der Waals surface area contributed by atoms with Crippen LogP contribution < -0.4 is 5.73 Å². The van der Waals surface area contributed by atoms with E-state index in [0.717, 1.165) is 17.0 Å². The first-order chi connectivity index (χ1) is 6.90. The molecular formula is C11H12N2S. The van der Waals surface area contributed by atoms with E-state index in [4.69, 9.17) is 5.73 Å². The molecule has 0 fully saturated rings. The van der Waals surface area contributed by atoms with Crippen molar-refractivity contribution in [3.05, 3.63) is 42.1 Å². The second-order valence-electron chi connectivity index (χ2n) is 3.01. The maximum atomic E-state index is 5.42. The minimum absolute atomic E-state index is 0.647. The molecule has 0 saturated carbocycles. The van der Waals surface area contributed by atoms with Crippen LogP contribution in [0, 0.1) is 0 Å². The van der Waals surface area contributed by atoms with Crippen molar-refractivity contribution in [1.82, 2.24) is 4.98 Å². The Morgan fingerprint density at radius 1 is 1.14 bits per heavy atom. The summed E-state index contributed by atoms with van der Waals surface area (Å²) in [6, 6.07) is 12.3. The zero-order valence-corrected chi connectivity index (χ0v) is 8.63. The predicted octanol–water partition coefficient (Wildman–Crippen LogP) is 2.38. The molecule has 0 aliphatic heterocycles. The molecule has 0 radical (unpaired) electrons. The Balaban J connectivity index is 2.32. The lowest BCUT2D eigenvalue weighted by molar-refractivity contribution is 1.22. The lowest BCUT2D eigenvalue weighted by Crippen LogP contribution is -1.94. The van der Waals surface area contributed by atoms with E-state index in [1.165, 1.54) is 5.39 Å². The van der Waals surface area contributed by atoms with Gasteiger partial charge in [-0.15, -0.1) is 11.8 Å². The van der Waals surface area contributed by atoms with E-state index >= 15 is 0 Å². The summed E-state index contributed by atoms with van der Waals surface area (Å²) in [4.78, 5) is 4.54. The summed E-state index contributed by atoms with van der Waals surface area (Å²) >= 11 is 1.69. The van der Waals surface area contributed by atoms with Crippen LogP contribution in [0.4, 0.5) is 0 Å². The summed E-state index contributed by atoms with van der Waals surface area (Å²) in [5, 5.41) is 1.19. The highest BCUT2D eigenvalue weighted by Gasteiger charge is 1.96. The fourth-order valence-electron chi connectivity index (χ4n) is 1.35. The first kappa shape index (κ1) is 9.49. The van der Waals surface area contributed by atoms with Crippen molar-refractivity contribution in [2.24, 2.45) is 5.73 Å². The largest absolute Gasteiger partial charge is 0.322 e. The van der Waals surface area contributed by atoms with Gasteiger partial charge >= 0.3 is 0 Å². The zero-order valence-electron chi connectivity index (χ0n) is 7.81. The van der Waals surface area contributed by atoms with E-state index < -0.39 is 0 Å². The average Bonchev–Trinajstić information content (AvgIpc) is 2.26. The summed E-state index contributed by atoms with van der Waals surface area (Å²) < 4.78 is 0.